The van der Waals surface area contributed by atoms with E-state index in [-0.39, 0.29) is 61.1 Å². The molecular formula is C32H48Cl2O2Si3Zr. The van der Waals surface area contributed by atoms with Crippen molar-refractivity contribution in [3.63, 3.8) is 0 Å². The van der Waals surface area contributed by atoms with Gasteiger partial charge in [0, 0.05) is 21.0 Å². The van der Waals surface area contributed by atoms with E-state index < -0.39 is 16.6 Å². The molecule has 40 heavy (non-hydrogen) atoms. The first kappa shape index (κ1) is 41.5. The molecule has 0 amide bonds. The van der Waals surface area contributed by atoms with Gasteiger partial charge in [-0.15, -0.1) is 82.2 Å². The average molecular weight is 711 g/mol. The van der Waals surface area contributed by atoms with E-state index in [1.165, 1.54) is 21.5 Å². The zero-order valence-corrected chi connectivity index (χ0v) is 33.5. The van der Waals surface area contributed by atoms with E-state index in [0.29, 0.717) is 0 Å². The molecule has 0 aliphatic heterocycles. The van der Waals surface area contributed by atoms with Crippen molar-refractivity contribution in [2.75, 3.05) is 0 Å². The number of halogens is 2. The van der Waals surface area contributed by atoms with Crippen molar-refractivity contribution in [2.45, 2.75) is 90.9 Å². The van der Waals surface area contributed by atoms with Crippen LogP contribution in [0.5, 0.6) is 11.5 Å². The minimum atomic E-state index is -1.71. The minimum absolute atomic E-state index is 0. The third-order valence-corrected chi connectivity index (χ3v) is 16.3. The standard InChI is InChI=1S/2C15H21OSi.C2H6Si.2ClH.Zr/c2*1-15(2,3)17(4,5)16-14-10-12-8-6-7-9-13(12)11-14;1-3-2;;;/h2*6-11H,1-5H3;1-2H3;2*1H;/q2*-1;;;;+4/p-2. The molecule has 0 aromatic heterocycles. The summed E-state index contributed by atoms with van der Waals surface area (Å²) in [5.74, 6) is 2.05. The van der Waals surface area contributed by atoms with Crippen LogP contribution in [0.15, 0.2) is 72.8 Å². The zero-order chi connectivity index (χ0) is 28.1. The summed E-state index contributed by atoms with van der Waals surface area (Å²) in [4.78, 5) is 0. The van der Waals surface area contributed by atoms with E-state index in [1.54, 1.807) is 0 Å². The normalized spacial score (nSPS) is 11.5. The number of benzene rings is 2. The first-order valence-electron chi connectivity index (χ1n) is 13.3. The molecule has 0 spiro atoms. The van der Waals surface area contributed by atoms with Crippen LogP contribution in [0, 0.1) is 0 Å². The molecule has 218 valence electrons. The molecule has 0 saturated heterocycles. The van der Waals surface area contributed by atoms with E-state index in [1.807, 2.05) is 0 Å². The van der Waals surface area contributed by atoms with Crippen LogP contribution >= 0.6 is 0 Å². The molecule has 2 nitrogen and oxygen atoms in total. The van der Waals surface area contributed by atoms with Crippen LogP contribution in [0.2, 0.25) is 49.4 Å². The van der Waals surface area contributed by atoms with E-state index >= 15 is 0 Å². The zero-order valence-electron chi connectivity index (χ0n) is 26.5. The number of rotatable bonds is 4. The Labute approximate surface area is 280 Å². The largest absolute Gasteiger partial charge is 4.00 e. The van der Waals surface area contributed by atoms with Crippen LogP contribution in [-0.4, -0.2) is 26.2 Å². The van der Waals surface area contributed by atoms with Crippen molar-refractivity contribution in [2.24, 2.45) is 0 Å². The Morgan fingerprint density at radius 1 is 0.600 bits per heavy atom. The second-order valence-corrected chi connectivity index (χ2v) is 23.3. The van der Waals surface area contributed by atoms with Gasteiger partial charge < -0.3 is 33.7 Å². The summed E-state index contributed by atoms with van der Waals surface area (Å²) in [6.07, 6.45) is 0. The molecule has 0 aliphatic rings. The number of hydrogen-bond donors (Lipinski definition) is 0. The molecule has 4 aromatic rings. The summed E-state index contributed by atoms with van der Waals surface area (Å²) in [6.45, 7) is 27.0. The maximum absolute atomic E-state index is 6.29. The first-order chi connectivity index (χ1) is 17.0. The third-order valence-electron chi connectivity index (χ3n) is 7.54. The van der Waals surface area contributed by atoms with Gasteiger partial charge in [0.15, 0.2) is 0 Å². The molecule has 0 saturated carbocycles. The summed E-state index contributed by atoms with van der Waals surface area (Å²) in [5, 5.41) is 5.55. The predicted octanol–water partition coefficient (Wildman–Crippen LogP) is 4.68. The molecule has 0 atom stereocenters. The van der Waals surface area contributed by atoms with Crippen molar-refractivity contribution in [1.29, 1.82) is 0 Å². The molecule has 0 N–H and O–H groups in total. The van der Waals surface area contributed by atoms with Crippen LogP contribution in [0.25, 0.3) is 21.5 Å². The van der Waals surface area contributed by atoms with Crippen LogP contribution in [-0.2, 0) is 26.2 Å². The fourth-order valence-electron chi connectivity index (χ4n) is 3.26. The molecule has 0 heterocycles. The van der Waals surface area contributed by atoms with Gasteiger partial charge in [-0.05, 0) is 36.3 Å². The van der Waals surface area contributed by atoms with Crippen LogP contribution in [0.1, 0.15) is 41.5 Å². The Morgan fingerprint density at radius 2 is 0.875 bits per heavy atom. The van der Waals surface area contributed by atoms with Gasteiger partial charge >= 0.3 is 26.2 Å². The van der Waals surface area contributed by atoms with Crippen molar-refractivity contribution in [1.82, 2.24) is 0 Å². The Morgan fingerprint density at radius 3 is 1.12 bits per heavy atom. The van der Waals surface area contributed by atoms with Gasteiger partial charge in [0.05, 0.1) is 0 Å². The Kier molecular flexibility index (Phi) is 17.5. The second kappa shape index (κ2) is 16.9. The summed E-state index contributed by atoms with van der Waals surface area (Å²) >= 11 is 0. The molecule has 0 fully saturated rings. The summed E-state index contributed by atoms with van der Waals surface area (Å²) in [6, 6.07) is 25.4. The van der Waals surface area contributed by atoms with Gasteiger partial charge in [-0.2, -0.15) is 0 Å². The molecule has 0 unspecified atom stereocenters. The fraction of sp³-hybridized carbons (Fsp3) is 0.438. The van der Waals surface area contributed by atoms with Crippen molar-refractivity contribution < 1.29 is 59.9 Å². The molecule has 4 aromatic carbocycles. The first-order valence-corrected chi connectivity index (χ1v) is 21.1. The Hall–Kier alpha value is -0.626. The molecular weight excluding hydrogens is 663 g/mol. The van der Waals surface area contributed by atoms with Gasteiger partial charge in [0.2, 0.25) is 16.6 Å². The Balaban J connectivity index is 0. The van der Waals surface area contributed by atoms with Gasteiger partial charge in [-0.3, -0.25) is 0 Å². The smallest absolute Gasteiger partial charge is 1.00 e. The van der Waals surface area contributed by atoms with Crippen LogP contribution in [0.3, 0.4) is 0 Å². The predicted molar refractivity (Wildman–Crippen MR) is 172 cm³/mol. The van der Waals surface area contributed by atoms with E-state index in [2.05, 4.69) is 154 Å². The summed E-state index contributed by atoms with van der Waals surface area (Å²) < 4.78 is 12.6. The van der Waals surface area contributed by atoms with E-state index in [0.717, 1.165) is 21.0 Å². The molecule has 4 rings (SSSR count). The van der Waals surface area contributed by atoms with Crippen molar-refractivity contribution >= 4 is 47.7 Å². The van der Waals surface area contributed by atoms with Crippen LogP contribution in [0.4, 0.5) is 0 Å². The van der Waals surface area contributed by atoms with E-state index in [4.69, 9.17) is 8.85 Å². The van der Waals surface area contributed by atoms with Gasteiger partial charge in [-0.25, -0.2) is 0 Å². The maximum atomic E-state index is 6.29. The van der Waals surface area contributed by atoms with Gasteiger partial charge in [-0.1, -0.05) is 66.8 Å². The number of hydrogen-bond acceptors (Lipinski definition) is 2. The monoisotopic (exact) mass is 708 g/mol. The topological polar surface area (TPSA) is 18.5 Å². The SMILES string of the molecule is CC(C)(C)[Si](C)(C)Oc1cc2ccccc2[cH-]1.CC(C)(C)[Si](C)(C)Oc1cc2ccccc2[cH-]1.C[Si]C.[Cl-].[Cl-].[Zr+4]. The fourth-order valence-corrected chi connectivity index (χ4v) is 5.28. The van der Waals surface area contributed by atoms with Gasteiger partial charge in [0.1, 0.15) is 0 Å². The molecule has 0 aliphatic carbocycles. The third kappa shape index (κ3) is 11.6. The Bertz CT molecular complexity index is 1100. The summed E-state index contributed by atoms with van der Waals surface area (Å²) in [5.41, 5.74) is 0. The van der Waals surface area contributed by atoms with Crippen LogP contribution < -0.4 is 33.7 Å². The molecule has 2 radical (unpaired) electrons. The average Bonchev–Trinajstić information content (AvgIpc) is 3.34. The molecule has 8 heteroatoms. The minimum Gasteiger partial charge on any atom is -1.00 e. The van der Waals surface area contributed by atoms with Crippen molar-refractivity contribution in [3.05, 3.63) is 72.8 Å². The summed E-state index contributed by atoms with van der Waals surface area (Å²) in [7, 11) is -2.33. The maximum Gasteiger partial charge on any atom is 4.00 e. The van der Waals surface area contributed by atoms with E-state index in [9.17, 15) is 0 Å². The number of fused-ring (bicyclic) bond motifs is 2. The second-order valence-electron chi connectivity index (χ2n) is 12.9. The van der Waals surface area contributed by atoms with Gasteiger partial charge in [0.25, 0.3) is 0 Å². The van der Waals surface area contributed by atoms with Crippen molar-refractivity contribution in [3.8, 4) is 11.5 Å². The molecule has 0 bridgehead atoms. The quantitative estimate of drug-likeness (QED) is 0.227.